The zero-order valence-electron chi connectivity index (χ0n) is 11.6. The van der Waals surface area contributed by atoms with Crippen molar-refractivity contribution < 1.29 is 19.4 Å². The van der Waals surface area contributed by atoms with Crippen molar-refractivity contribution in [3.8, 4) is 5.75 Å². The molecule has 0 aliphatic carbocycles. The maximum absolute atomic E-state index is 11.9. The molecule has 0 fully saturated rings. The molecule has 0 heterocycles. The van der Waals surface area contributed by atoms with E-state index in [-0.39, 0.29) is 29.1 Å². The predicted molar refractivity (Wildman–Crippen MR) is 72.6 cm³/mol. The lowest BCUT2D eigenvalue weighted by atomic mass is 9.97. The lowest BCUT2D eigenvalue weighted by Crippen LogP contribution is -2.24. The van der Waals surface area contributed by atoms with Gasteiger partial charge in [-0.3, -0.25) is 4.79 Å². The summed E-state index contributed by atoms with van der Waals surface area (Å²) in [5.74, 6) is -0.821. The van der Waals surface area contributed by atoms with E-state index in [2.05, 4.69) is 5.32 Å². The smallest absolute Gasteiger partial charge is 0.339 e. The van der Waals surface area contributed by atoms with Crippen LogP contribution in [0.3, 0.4) is 0 Å². The van der Waals surface area contributed by atoms with Gasteiger partial charge in [-0.25, -0.2) is 4.79 Å². The minimum Gasteiger partial charge on any atom is -0.496 e. The van der Waals surface area contributed by atoms with Gasteiger partial charge in [-0.05, 0) is 18.1 Å². The summed E-state index contributed by atoms with van der Waals surface area (Å²) < 4.78 is 5.00. The summed E-state index contributed by atoms with van der Waals surface area (Å²) in [6, 6.07) is 4.47. The van der Waals surface area contributed by atoms with Crippen LogP contribution in [0, 0.1) is 11.8 Å². The Hall–Kier alpha value is -2.04. The SMILES string of the molecule is COc1cc(NC(=O)C(C)C(C)C)ccc1C(=O)O. The average Bonchev–Trinajstić information content (AvgIpc) is 2.36. The third-order valence-electron chi connectivity index (χ3n) is 3.11. The van der Waals surface area contributed by atoms with Gasteiger partial charge in [0.2, 0.25) is 5.91 Å². The molecule has 1 aromatic rings. The third-order valence-corrected chi connectivity index (χ3v) is 3.11. The molecule has 1 amide bonds. The van der Waals surface area contributed by atoms with Crippen LogP contribution in [0.4, 0.5) is 5.69 Å². The largest absolute Gasteiger partial charge is 0.496 e. The van der Waals surface area contributed by atoms with Crippen LogP contribution < -0.4 is 10.1 Å². The van der Waals surface area contributed by atoms with Gasteiger partial charge in [-0.15, -0.1) is 0 Å². The second kappa shape index (κ2) is 6.22. The molecule has 0 aliphatic heterocycles. The summed E-state index contributed by atoms with van der Waals surface area (Å²) >= 11 is 0. The van der Waals surface area contributed by atoms with E-state index in [0.717, 1.165) is 0 Å². The van der Waals surface area contributed by atoms with Crippen LogP contribution in [0.15, 0.2) is 18.2 Å². The Labute approximate surface area is 112 Å². The molecule has 0 saturated carbocycles. The van der Waals surface area contributed by atoms with Crippen LogP contribution in [0.1, 0.15) is 31.1 Å². The molecule has 0 spiro atoms. The Balaban J connectivity index is 2.92. The molecule has 5 heteroatoms. The first-order chi connectivity index (χ1) is 8.86. The molecule has 1 aromatic carbocycles. The van der Waals surface area contributed by atoms with E-state index in [1.165, 1.54) is 19.2 Å². The van der Waals surface area contributed by atoms with Crippen molar-refractivity contribution in [2.75, 3.05) is 12.4 Å². The molecular weight excluding hydrogens is 246 g/mol. The number of carbonyl (C=O) groups is 2. The number of carbonyl (C=O) groups excluding carboxylic acids is 1. The molecule has 0 aromatic heterocycles. The highest BCUT2D eigenvalue weighted by Gasteiger charge is 2.18. The Bertz CT molecular complexity index is 482. The lowest BCUT2D eigenvalue weighted by Gasteiger charge is -2.16. The number of aromatic carboxylic acids is 1. The molecule has 0 aliphatic rings. The monoisotopic (exact) mass is 265 g/mol. The van der Waals surface area contributed by atoms with Crippen molar-refractivity contribution in [2.24, 2.45) is 11.8 Å². The molecule has 0 radical (unpaired) electrons. The fraction of sp³-hybridized carbons (Fsp3) is 0.429. The molecule has 0 saturated heterocycles. The summed E-state index contributed by atoms with van der Waals surface area (Å²) in [6.45, 7) is 5.79. The van der Waals surface area contributed by atoms with Crippen LogP contribution in [0.25, 0.3) is 0 Å². The number of methoxy groups -OCH3 is 1. The number of carboxylic acids is 1. The van der Waals surface area contributed by atoms with Crippen molar-refractivity contribution in [1.29, 1.82) is 0 Å². The van der Waals surface area contributed by atoms with E-state index in [1.54, 1.807) is 6.07 Å². The highest BCUT2D eigenvalue weighted by molar-refractivity contribution is 5.95. The minimum absolute atomic E-state index is 0.0670. The predicted octanol–water partition coefficient (Wildman–Crippen LogP) is 2.62. The first-order valence-corrected chi connectivity index (χ1v) is 6.09. The van der Waals surface area contributed by atoms with E-state index < -0.39 is 5.97 Å². The van der Waals surface area contributed by atoms with Crippen LogP contribution in [-0.4, -0.2) is 24.1 Å². The summed E-state index contributed by atoms with van der Waals surface area (Å²) in [6.07, 6.45) is 0. The van der Waals surface area contributed by atoms with Crippen molar-refractivity contribution in [3.05, 3.63) is 23.8 Å². The second-order valence-corrected chi connectivity index (χ2v) is 4.74. The van der Waals surface area contributed by atoms with Crippen LogP contribution in [0.5, 0.6) is 5.75 Å². The topological polar surface area (TPSA) is 75.6 Å². The third kappa shape index (κ3) is 3.71. The number of carboxylic acid groups (broad SMARTS) is 1. The molecule has 19 heavy (non-hydrogen) atoms. The molecule has 0 bridgehead atoms. The van der Waals surface area contributed by atoms with E-state index in [0.29, 0.717) is 5.69 Å². The molecule has 1 rings (SSSR count). The normalized spacial score (nSPS) is 12.1. The standard InChI is InChI=1S/C14H19NO4/c1-8(2)9(3)13(16)15-10-5-6-11(14(17)18)12(7-10)19-4/h5-9H,1-4H3,(H,15,16)(H,17,18). The van der Waals surface area contributed by atoms with E-state index in [4.69, 9.17) is 9.84 Å². The van der Waals surface area contributed by atoms with Crippen molar-refractivity contribution in [2.45, 2.75) is 20.8 Å². The number of nitrogens with one attached hydrogen (secondary N) is 1. The zero-order chi connectivity index (χ0) is 14.6. The quantitative estimate of drug-likeness (QED) is 0.858. The Morgan fingerprint density at radius 1 is 1.26 bits per heavy atom. The number of hydrogen-bond acceptors (Lipinski definition) is 3. The Kier molecular flexibility index (Phi) is 4.92. The van der Waals surface area contributed by atoms with Gasteiger partial charge in [0.1, 0.15) is 11.3 Å². The first-order valence-electron chi connectivity index (χ1n) is 6.09. The highest BCUT2D eigenvalue weighted by atomic mass is 16.5. The van der Waals surface area contributed by atoms with Crippen molar-refractivity contribution in [1.82, 2.24) is 0 Å². The van der Waals surface area contributed by atoms with Gasteiger partial charge in [0.15, 0.2) is 0 Å². The number of benzene rings is 1. The number of rotatable bonds is 5. The maximum atomic E-state index is 11.9. The number of anilines is 1. The molecule has 1 atom stereocenters. The van der Waals surface area contributed by atoms with Gasteiger partial charge in [0.25, 0.3) is 0 Å². The highest BCUT2D eigenvalue weighted by Crippen LogP contribution is 2.24. The van der Waals surface area contributed by atoms with E-state index >= 15 is 0 Å². The van der Waals surface area contributed by atoms with E-state index in [9.17, 15) is 9.59 Å². The van der Waals surface area contributed by atoms with Crippen LogP contribution in [-0.2, 0) is 4.79 Å². The fourth-order valence-corrected chi connectivity index (χ4v) is 1.50. The van der Waals surface area contributed by atoms with Gasteiger partial charge < -0.3 is 15.2 Å². The average molecular weight is 265 g/mol. The zero-order valence-corrected chi connectivity index (χ0v) is 11.6. The second-order valence-electron chi connectivity index (χ2n) is 4.74. The molecule has 5 nitrogen and oxygen atoms in total. The minimum atomic E-state index is -1.06. The fourth-order valence-electron chi connectivity index (χ4n) is 1.50. The molecule has 104 valence electrons. The number of amides is 1. The number of hydrogen-bond donors (Lipinski definition) is 2. The van der Waals surface area contributed by atoms with Gasteiger partial charge >= 0.3 is 5.97 Å². The summed E-state index contributed by atoms with van der Waals surface area (Å²) in [5, 5.41) is 11.7. The summed E-state index contributed by atoms with van der Waals surface area (Å²) in [7, 11) is 1.39. The Morgan fingerprint density at radius 3 is 2.37 bits per heavy atom. The lowest BCUT2D eigenvalue weighted by molar-refractivity contribution is -0.120. The van der Waals surface area contributed by atoms with Gasteiger partial charge in [-0.1, -0.05) is 20.8 Å². The van der Waals surface area contributed by atoms with Gasteiger partial charge in [0.05, 0.1) is 7.11 Å². The number of ether oxygens (including phenoxy) is 1. The van der Waals surface area contributed by atoms with E-state index in [1.807, 2.05) is 20.8 Å². The Morgan fingerprint density at radius 2 is 1.89 bits per heavy atom. The van der Waals surface area contributed by atoms with Gasteiger partial charge in [0, 0.05) is 17.7 Å². The first kappa shape index (κ1) is 15.0. The molecule has 1 unspecified atom stereocenters. The molecular formula is C14H19NO4. The maximum Gasteiger partial charge on any atom is 0.339 e. The van der Waals surface area contributed by atoms with Crippen LogP contribution >= 0.6 is 0 Å². The summed E-state index contributed by atoms with van der Waals surface area (Å²) in [4.78, 5) is 22.8. The summed E-state index contributed by atoms with van der Waals surface area (Å²) in [5.41, 5.74) is 0.594. The van der Waals surface area contributed by atoms with Crippen molar-refractivity contribution in [3.63, 3.8) is 0 Å². The van der Waals surface area contributed by atoms with Gasteiger partial charge in [-0.2, -0.15) is 0 Å². The molecule has 2 N–H and O–H groups in total. The van der Waals surface area contributed by atoms with Crippen molar-refractivity contribution >= 4 is 17.6 Å². The van der Waals surface area contributed by atoms with Crippen LogP contribution in [0.2, 0.25) is 0 Å².